The first-order chi connectivity index (χ1) is 14.6. The minimum absolute atomic E-state index is 0.000447. The number of cyclic esters (lactones) is 1. The van der Waals surface area contributed by atoms with E-state index in [1.165, 1.54) is 0 Å². The molecule has 1 heterocycles. The van der Waals surface area contributed by atoms with E-state index in [4.69, 9.17) is 15.3 Å². The van der Waals surface area contributed by atoms with Crippen LogP contribution in [0.25, 0.3) is 17.2 Å². The van der Waals surface area contributed by atoms with Gasteiger partial charge in [0.25, 0.3) is 0 Å². The number of carbonyl (C=O) groups excluding carboxylic acids is 2. The molecule has 30 heavy (non-hydrogen) atoms. The second kappa shape index (κ2) is 7.87. The summed E-state index contributed by atoms with van der Waals surface area (Å²) in [6, 6.07) is 25.1. The number of Topliss-reactive ketones (excluding diaryl/α,β-unsaturated/α-hetero) is 1. The van der Waals surface area contributed by atoms with Crippen molar-refractivity contribution in [1.29, 1.82) is 10.5 Å². The Morgan fingerprint density at radius 1 is 0.733 bits per heavy atom. The van der Waals surface area contributed by atoms with Crippen LogP contribution in [0, 0.1) is 22.7 Å². The summed E-state index contributed by atoms with van der Waals surface area (Å²) in [6.07, 6.45) is 1.55. The first kappa shape index (κ1) is 18.9. The Kier molecular flexibility index (Phi) is 4.95. The second-order valence-electron chi connectivity index (χ2n) is 6.77. The van der Waals surface area contributed by atoms with E-state index in [0.717, 1.165) is 16.7 Å². The number of carbonyl (C=O) groups is 2. The van der Waals surface area contributed by atoms with E-state index in [1.54, 1.807) is 42.5 Å². The first-order valence-electron chi connectivity index (χ1n) is 9.17. The quantitative estimate of drug-likeness (QED) is 0.377. The molecule has 1 fully saturated rings. The molecule has 1 aliphatic heterocycles. The molecule has 0 aliphatic carbocycles. The van der Waals surface area contributed by atoms with E-state index >= 15 is 0 Å². The molecular formula is C25H14N2O3. The van der Waals surface area contributed by atoms with Crippen molar-refractivity contribution in [3.05, 3.63) is 101 Å². The molecule has 1 saturated heterocycles. The molecule has 1 unspecified atom stereocenters. The number of allylic oxidation sites excluding steroid dienone is 1. The van der Waals surface area contributed by atoms with Crippen molar-refractivity contribution in [2.45, 2.75) is 5.92 Å². The van der Waals surface area contributed by atoms with Gasteiger partial charge in [-0.15, -0.1) is 0 Å². The highest BCUT2D eigenvalue weighted by Crippen LogP contribution is 2.31. The number of nitriles is 2. The third-order valence-electron chi connectivity index (χ3n) is 4.88. The monoisotopic (exact) mass is 390 g/mol. The van der Waals surface area contributed by atoms with E-state index in [9.17, 15) is 9.59 Å². The van der Waals surface area contributed by atoms with Gasteiger partial charge in [-0.2, -0.15) is 10.5 Å². The molecule has 4 rings (SSSR count). The molecule has 0 saturated carbocycles. The van der Waals surface area contributed by atoms with Gasteiger partial charge in [0.1, 0.15) is 5.92 Å². The third kappa shape index (κ3) is 3.61. The fourth-order valence-electron chi connectivity index (χ4n) is 3.27. The van der Waals surface area contributed by atoms with Crippen molar-refractivity contribution in [3.8, 4) is 23.3 Å². The van der Waals surface area contributed by atoms with Gasteiger partial charge in [0.2, 0.25) is 5.78 Å². The minimum Gasteiger partial charge on any atom is -0.422 e. The maximum atomic E-state index is 12.7. The highest BCUT2D eigenvalue weighted by molar-refractivity contribution is 6.19. The summed E-state index contributed by atoms with van der Waals surface area (Å²) in [5.41, 5.74) is 4.21. The number of hydrogen-bond donors (Lipinski definition) is 0. The molecule has 1 aliphatic rings. The Balaban J connectivity index is 1.55. The van der Waals surface area contributed by atoms with Gasteiger partial charge in [0.15, 0.2) is 5.76 Å². The Morgan fingerprint density at radius 2 is 1.23 bits per heavy atom. The minimum atomic E-state index is -1.01. The molecule has 3 aromatic rings. The second-order valence-corrected chi connectivity index (χ2v) is 6.77. The van der Waals surface area contributed by atoms with Crippen molar-refractivity contribution in [3.63, 3.8) is 0 Å². The zero-order valence-corrected chi connectivity index (χ0v) is 15.7. The van der Waals surface area contributed by atoms with Crippen LogP contribution < -0.4 is 0 Å². The fourth-order valence-corrected chi connectivity index (χ4v) is 3.27. The summed E-state index contributed by atoms with van der Waals surface area (Å²) >= 11 is 0. The van der Waals surface area contributed by atoms with Crippen LogP contribution in [0.1, 0.15) is 28.2 Å². The van der Waals surface area contributed by atoms with Crippen molar-refractivity contribution < 1.29 is 14.3 Å². The molecule has 0 aromatic heterocycles. The average molecular weight is 390 g/mol. The Labute approximate surface area is 173 Å². The summed E-state index contributed by atoms with van der Waals surface area (Å²) in [7, 11) is 0. The van der Waals surface area contributed by atoms with E-state index < -0.39 is 17.7 Å². The lowest BCUT2D eigenvalue weighted by molar-refractivity contribution is -0.136. The van der Waals surface area contributed by atoms with Gasteiger partial charge in [-0.25, -0.2) is 0 Å². The number of ether oxygens (including phenoxy) is 1. The standard InChI is InChI=1S/C25H14N2O3/c26-14-17-3-9-20(10-4-17)19-7-1-16(2-8-19)13-22-24(28)23(25(29)30-22)21-11-5-18(15-27)6-12-21/h1-13,23H. The van der Waals surface area contributed by atoms with Gasteiger partial charge in [0, 0.05) is 0 Å². The number of rotatable bonds is 3. The molecule has 0 spiro atoms. The molecule has 0 N–H and O–H groups in total. The van der Waals surface area contributed by atoms with Crippen LogP contribution in [-0.2, 0) is 14.3 Å². The number of esters is 1. The summed E-state index contributed by atoms with van der Waals surface area (Å²) in [5.74, 6) is -2.03. The fraction of sp³-hybridized carbons (Fsp3) is 0.0400. The third-order valence-corrected chi connectivity index (χ3v) is 4.88. The average Bonchev–Trinajstić information content (AvgIpc) is 3.07. The lowest BCUT2D eigenvalue weighted by Crippen LogP contribution is -2.12. The largest absolute Gasteiger partial charge is 0.422 e. The van der Waals surface area contributed by atoms with Gasteiger partial charge in [-0.05, 0) is 52.6 Å². The highest BCUT2D eigenvalue weighted by atomic mass is 16.5. The van der Waals surface area contributed by atoms with Crippen molar-refractivity contribution >= 4 is 17.8 Å². The normalized spacial score (nSPS) is 16.7. The van der Waals surface area contributed by atoms with Crippen LogP contribution >= 0.6 is 0 Å². The zero-order valence-electron chi connectivity index (χ0n) is 15.7. The van der Waals surface area contributed by atoms with Crippen molar-refractivity contribution in [1.82, 2.24) is 0 Å². The van der Waals surface area contributed by atoms with Gasteiger partial charge in [-0.3, -0.25) is 9.59 Å². The topological polar surface area (TPSA) is 90.9 Å². The summed E-state index contributed by atoms with van der Waals surface area (Å²) in [5, 5.41) is 17.8. The molecule has 1 atom stereocenters. The number of ketones is 1. The molecule has 5 heteroatoms. The Hall–Kier alpha value is -4.48. The maximum absolute atomic E-state index is 12.7. The molecule has 142 valence electrons. The van der Waals surface area contributed by atoms with Gasteiger partial charge >= 0.3 is 5.97 Å². The maximum Gasteiger partial charge on any atom is 0.327 e. The summed E-state index contributed by atoms with van der Waals surface area (Å²) in [4.78, 5) is 25.0. The molecule has 0 radical (unpaired) electrons. The van der Waals surface area contributed by atoms with Gasteiger partial charge in [0.05, 0.1) is 23.3 Å². The first-order valence-corrected chi connectivity index (χ1v) is 9.17. The molecule has 0 amide bonds. The SMILES string of the molecule is N#Cc1ccc(-c2ccc(C=C3OC(=O)C(c4ccc(C#N)cc4)C3=O)cc2)cc1. The summed E-state index contributed by atoms with van der Waals surface area (Å²) < 4.78 is 5.22. The van der Waals surface area contributed by atoms with Crippen LogP contribution in [0.3, 0.4) is 0 Å². The number of hydrogen-bond acceptors (Lipinski definition) is 5. The van der Waals surface area contributed by atoms with Crippen LogP contribution in [0.15, 0.2) is 78.6 Å². The lowest BCUT2D eigenvalue weighted by Gasteiger charge is -2.03. The van der Waals surface area contributed by atoms with Crippen LogP contribution in [-0.4, -0.2) is 11.8 Å². The number of nitrogens with zero attached hydrogens (tertiary/aromatic N) is 2. The van der Waals surface area contributed by atoms with Gasteiger partial charge < -0.3 is 4.74 Å². The van der Waals surface area contributed by atoms with E-state index in [1.807, 2.05) is 42.5 Å². The molecule has 5 nitrogen and oxygen atoms in total. The van der Waals surface area contributed by atoms with E-state index in [-0.39, 0.29) is 5.76 Å². The lowest BCUT2D eigenvalue weighted by atomic mass is 9.94. The number of benzene rings is 3. The predicted molar refractivity (Wildman–Crippen MR) is 110 cm³/mol. The van der Waals surface area contributed by atoms with Crippen molar-refractivity contribution in [2.75, 3.05) is 0 Å². The van der Waals surface area contributed by atoms with E-state index in [2.05, 4.69) is 6.07 Å². The van der Waals surface area contributed by atoms with Crippen LogP contribution in [0.2, 0.25) is 0 Å². The van der Waals surface area contributed by atoms with Crippen LogP contribution in [0.5, 0.6) is 0 Å². The predicted octanol–water partition coefficient (Wildman–Crippen LogP) is 4.35. The molecule has 3 aromatic carbocycles. The van der Waals surface area contributed by atoms with E-state index in [0.29, 0.717) is 16.7 Å². The van der Waals surface area contributed by atoms with Gasteiger partial charge in [-0.1, -0.05) is 48.5 Å². The molecule has 0 bridgehead atoms. The zero-order chi connectivity index (χ0) is 21.1. The Morgan fingerprint density at radius 3 is 1.77 bits per heavy atom. The highest BCUT2D eigenvalue weighted by Gasteiger charge is 2.41. The molecular weight excluding hydrogens is 376 g/mol. The Bertz CT molecular complexity index is 1240. The summed E-state index contributed by atoms with van der Waals surface area (Å²) in [6.45, 7) is 0. The van der Waals surface area contributed by atoms with Crippen LogP contribution in [0.4, 0.5) is 0 Å². The smallest absolute Gasteiger partial charge is 0.327 e. The van der Waals surface area contributed by atoms with Crippen molar-refractivity contribution in [2.24, 2.45) is 0 Å².